The summed E-state index contributed by atoms with van der Waals surface area (Å²) in [5, 5.41) is 0. The van der Waals surface area contributed by atoms with Gasteiger partial charge in [-0.1, -0.05) is 32.1 Å². The molecule has 4 rings (SSSR count). The normalized spacial score (nSPS) is 46.2. The van der Waals surface area contributed by atoms with E-state index in [0.717, 1.165) is 0 Å². The first-order chi connectivity index (χ1) is 15.1. The Balaban J connectivity index is 1.98. The minimum atomic E-state index is -1.13. The fourth-order valence-electron chi connectivity index (χ4n) is 7.75. The summed E-state index contributed by atoms with van der Waals surface area (Å²) in [7, 11) is 0. The molecule has 0 aromatic rings. The number of cyclic esters (lactones) is 2. The third-order valence-corrected chi connectivity index (χ3v) is 9.28. The Labute approximate surface area is 194 Å². The van der Waals surface area contributed by atoms with Gasteiger partial charge in [-0.15, -0.1) is 0 Å². The maximum atomic E-state index is 13.5. The molecule has 0 aromatic heterocycles. The molecule has 33 heavy (non-hydrogen) atoms. The van der Waals surface area contributed by atoms with Crippen molar-refractivity contribution < 1.29 is 33.4 Å². The molecular weight excluding hydrogens is 424 g/mol. The van der Waals surface area contributed by atoms with E-state index in [1.54, 1.807) is 13.8 Å². The second-order valence-corrected chi connectivity index (χ2v) is 11.4. The highest BCUT2D eigenvalue weighted by atomic mass is 16.6. The first kappa shape index (κ1) is 23.7. The predicted octanol–water partition coefficient (Wildman–Crippen LogP) is 3.56. The second-order valence-electron chi connectivity index (χ2n) is 11.4. The van der Waals surface area contributed by atoms with Crippen molar-refractivity contribution >= 4 is 23.7 Å². The minimum Gasteiger partial charge on any atom is -0.462 e. The van der Waals surface area contributed by atoms with Crippen molar-refractivity contribution in [1.82, 2.24) is 0 Å². The van der Waals surface area contributed by atoms with E-state index in [1.165, 1.54) is 13.0 Å². The van der Waals surface area contributed by atoms with Crippen LogP contribution in [0.5, 0.6) is 0 Å². The first-order valence-corrected chi connectivity index (χ1v) is 11.6. The van der Waals surface area contributed by atoms with Crippen molar-refractivity contribution in [1.29, 1.82) is 0 Å². The molecule has 4 aliphatic rings. The maximum absolute atomic E-state index is 13.5. The van der Waals surface area contributed by atoms with E-state index >= 15 is 0 Å². The van der Waals surface area contributed by atoms with E-state index in [-0.39, 0.29) is 17.6 Å². The van der Waals surface area contributed by atoms with Gasteiger partial charge < -0.3 is 14.2 Å². The number of ether oxygens (including phenoxy) is 3. The third-order valence-electron chi connectivity index (χ3n) is 9.28. The van der Waals surface area contributed by atoms with E-state index in [2.05, 4.69) is 13.5 Å². The molecule has 0 bridgehead atoms. The van der Waals surface area contributed by atoms with Gasteiger partial charge in [-0.2, -0.15) is 0 Å². The summed E-state index contributed by atoms with van der Waals surface area (Å²) in [6, 6.07) is 0. The highest BCUT2D eigenvalue weighted by molar-refractivity contribution is 6.00. The molecule has 2 aliphatic heterocycles. The molecule has 0 radical (unpaired) electrons. The van der Waals surface area contributed by atoms with Gasteiger partial charge in [0.2, 0.25) is 0 Å². The molecule has 2 aliphatic carbocycles. The van der Waals surface area contributed by atoms with Crippen LogP contribution in [0.2, 0.25) is 0 Å². The molecule has 0 unspecified atom stereocenters. The van der Waals surface area contributed by atoms with Crippen molar-refractivity contribution in [2.75, 3.05) is 0 Å². The van der Waals surface area contributed by atoms with Crippen LogP contribution in [0.25, 0.3) is 0 Å². The van der Waals surface area contributed by atoms with Crippen LogP contribution in [0.15, 0.2) is 24.3 Å². The van der Waals surface area contributed by atoms with Crippen LogP contribution in [-0.2, 0) is 33.4 Å². The van der Waals surface area contributed by atoms with Gasteiger partial charge in [0.25, 0.3) is 0 Å². The smallest absolute Gasteiger partial charge is 0.330 e. The Morgan fingerprint density at radius 2 is 1.76 bits per heavy atom. The monoisotopic (exact) mass is 458 g/mol. The van der Waals surface area contributed by atoms with Crippen LogP contribution in [0, 0.1) is 34.0 Å². The van der Waals surface area contributed by atoms with E-state index in [1.807, 2.05) is 26.8 Å². The van der Waals surface area contributed by atoms with E-state index in [0.29, 0.717) is 18.4 Å². The Hall–Kier alpha value is -2.44. The van der Waals surface area contributed by atoms with E-state index in [9.17, 15) is 19.2 Å². The zero-order chi connectivity index (χ0) is 24.7. The van der Waals surface area contributed by atoms with Crippen LogP contribution in [0.1, 0.15) is 61.3 Å². The average Bonchev–Trinajstić information content (AvgIpc) is 2.76. The lowest BCUT2D eigenvalue weighted by molar-refractivity contribution is -0.237. The summed E-state index contributed by atoms with van der Waals surface area (Å²) in [4.78, 5) is 51.6. The fourth-order valence-corrected chi connectivity index (χ4v) is 7.75. The van der Waals surface area contributed by atoms with E-state index < -0.39 is 57.9 Å². The predicted molar refractivity (Wildman–Crippen MR) is 119 cm³/mol. The Kier molecular flexibility index (Phi) is 5.05. The summed E-state index contributed by atoms with van der Waals surface area (Å²) in [6.07, 6.45) is 2.64. The molecule has 0 spiro atoms. The number of carbonyl (C=O) groups excluding carboxylic acids is 4. The molecule has 2 heterocycles. The summed E-state index contributed by atoms with van der Waals surface area (Å²) in [5.74, 6) is -2.85. The first-order valence-electron chi connectivity index (χ1n) is 11.6. The third kappa shape index (κ3) is 3.00. The van der Waals surface area contributed by atoms with Crippen molar-refractivity contribution in [3.63, 3.8) is 0 Å². The summed E-state index contributed by atoms with van der Waals surface area (Å²) in [6.45, 7) is 16.7. The van der Waals surface area contributed by atoms with Gasteiger partial charge in [0.05, 0.1) is 11.3 Å². The molecule has 7 nitrogen and oxygen atoms in total. The molecule has 1 saturated heterocycles. The van der Waals surface area contributed by atoms with Crippen molar-refractivity contribution in [3.05, 3.63) is 24.3 Å². The highest BCUT2D eigenvalue weighted by Crippen LogP contribution is 2.70. The molecule has 7 heteroatoms. The summed E-state index contributed by atoms with van der Waals surface area (Å²) in [5.41, 5.74) is -2.80. The SMILES string of the molecule is C=C1C[C@@H]2[C@]3(C)C=CC(=O)OC(C)(C)[C@@H]3C[C@H](OC(C)=O)[C@]2(C)[C@@H]2C(=O)O[C@@H](C)C(=O)[C@@]12C. The molecule has 2 saturated carbocycles. The van der Waals surface area contributed by atoms with Gasteiger partial charge in [-0.3, -0.25) is 14.4 Å². The number of fused-ring (bicyclic) bond motifs is 5. The molecule has 8 atom stereocenters. The van der Waals surface area contributed by atoms with Crippen molar-refractivity contribution in [2.24, 2.45) is 34.0 Å². The molecule has 180 valence electrons. The standard InChI is InChI=1S/C26H34O7/c1-13-11-17-24(6)10-9-19(28)33-23(4,5)16(24)12-18(32-15(3)27)26(17,8)20-22(30)31-14(2)21(29)25(13,20)7/h9-10,14,16-18,20H,1,11-12H2,2-8H3/t14-,16-,17+,18-,20+,24+,25-,26+/m0/s1. The topological polar surface area (TPSA) is 96.0 Å². The van der Waals surface area contributed by atoms with Gasteiger partial charge >= 0.3 is 17.9 Å². The Bertz CT molecular complexity index is 993. The Morgan fingerprint density at radius 1 is 1.12 bits per heavy atom. The lowest BCUT2D eigenvalue weighted by atomic mass is 9.37. The molecule has 0 aromatic carbocycles. The summed E-state index contributed by atoms with van der Waals surface area (Å²) >= 11 is 0. The number of carbonyl (C=O) groups is 4. The lowest BCUT2D eigenvalue weighted by Crippen LogP contribution is -2.71. The van der Waals surface area contributed by atoms with Crippen LogP contribution in [0.4, 0.5) is 0 Å². The van der Waals surface area contributed by atoms with Crippen molar-refractivity contribution in [3.8, 4) is 0 Å². The van der Waals surface area contributed by atoms with Gasteiger partial charge in [-0.25, -0.2) is 4.79 Å². The van der Waals surface area contributed by atoms with Crippen molar-refractivity contribution in [2.45, 2.75) is 79.1 Å². The number of hydrogen-bond acceptors (Lipinski definition) is 7. The number of hydrogen-bond donors (Lipinski definition) is 0. The maximum Gasteiger partial charge on any atom is 0.330 e. The molecular formula is C26H34O7. The molecule has 3 fully saturated rings. The number of ketones is 1. The fraction of sp³-hybridized carbons (Fsp3) is 0.692. The van der Waals surface area contributed by atoms with Crippen LogP contribution < -0.4 is 0 Å². The Morgan fingerprint density at radius 3 is 2.36 bits per heavy atom. The van der Waals surface area contributed by atoms with E-state index in [4.69, 9.17) is 14.2 Å². The molecule has 0 N–H and O–H groups in total. The number of esters is 3. The second kappa shape index (κ2) is 7.03. The number of Topliss-reactive ketones (excluding diaryl/α,β-unsaturated/α-hetero) is 1. The number of allylic oxidation sites excluding steroid dienone is 2. The summed E-state index contributed by atoms with van der Waals surface area (Å²) < 4.78 is 17.2. The minimum absolute atomic E-state index is 0.180. The van der Waals surface area contributed by atoms with Gasteiger partial charge in [-0.05, 0) is 51.9 Å². The zero-order valence-electron chi connectivity index (χ0n) is 20.5. The van der Waals surface area contributed by atoms with Crippen LogP contribution in [0.3, 0.4) is 0 Å². The largest absolute Gasteiger partial charge is 0.462 e. The van der Waals surface area contributed by atoms with Gasteiger partial charge in [0.1, 0.15) is 11.7 Å². The molecule has 0 amide bonds. The lowest BCUT2D eigenvalue weighted by Gasteiger charge is -2.67. The zero-order valence-corrected chi connectivity index (χ0v) is 20.5. The average molecular weight is 459 g/mol. The van der Waals surface area contributed by atoms with Gasteiger partial charge in [0.15, 0.2) is 11.9 Å². The quantitative estimate of drug-likeness (QED) is 0.337. The van der Waals surface area contributed by atoms with Crippen LogP contribution in [-0.4, -0.2) is 41.5 Å². The highest BCUT2D eigenvalue weighted by Gasteiger charge is 2.73. The number of rotatable bonds is 1. The van der Waals surface area contributed by atoms with Gasteiger partial charge in [0, 0.05) is 24.3 Å². The van der Waals surface area contributed by atoms with Crippen LogP contribution >= 0.6 is 0 Å².